The molecule has 0 spiro atoms. The van der Waals surface area contributed by atoms with Gasteiger partial charge in [0.15, 0.2) is 0 Å². The minimum Gasteiger partial charge on any atom is -0.347 e. The molecular weight excluding hydrogens is 330 g/mol. The fraction of sp³-hybridized carbons (Fsp3) is 0.0625. The number of amides is 1. The monoisotopic (exact) mass is 341 g/mol. The standard InChI is InChI=1S/C16H12BrN3O/c17-15-5-3-12(4-6-15)8-14(9-18)16(21)20-11-13-2-1-7-19-10-13/h1-8,10H,11H2,(H,20,21)/b14-8+. The van der Waals surface area contributed by atoms with Crippen molar-refractivity contribution in [2.45, 2.75) is 6.54 Å². The summed E-state index contributed by atoms with van der Waals surface area (Å²) in [5.41, 5.74) is 1.75. The molecule has 0 aliphatic rings. The predicted octanol–water partition coefficient (Wildman–Crippen LogP) is 3.07. The summed E-state index contributed by atoms with van der Waals surface area (Å²) in [5.74, 6) is -0.399. The number of carbonyl (C=O) groups excluding carboxylic acids is 1. The quantitative estimate of drug-likeness (QED) is 0.686. The van der Waals surface area contributed by atoms with Crippen LogP contribution in [0, 0.1) is 11.3 Å². The van der Waals surface area contributed by atoms with Crippen LogP contribution in [0.4, 0.5) is 0 Å². The molecule has 0 radical (unpaired) electrons. The first-order chi connectivity index (χ1) is 10.2. The smallest absolute Gasteiger partial charge is 0.262 e. The first kappa shape index (κ1) is 14.9. The van der Waals surface area contributed by atoms with Crippen molar-refractivity contribution in [3.63, 3.8) is 0 Å². The van der Waals surface area contributed by atoms with Gasteiger partial charge in [-0.25, -0.2) is 0 Å². The van der Waals surface area contributed by atoms with Crippen LogP contribution in [0.1, 0.15) is 11.1 Å². The molecule has 0 saturated heterocycles. The van der Waals surface area contributed by atoms with Crippen LogP contribution in [0.15, 0.2) is 58.8 Å². The van der Waals surface area contributed by atoms with Crippen LogP contribution in [0.5, 0.6) is 0 Å². The number of hydrogen-bond acceptors (Lipinski definition) is 3. The number of rotatable bonds is 4. The average molecular weight is 342 g/mol. The Kier molecular flexibility index (Phi) is 5.24. The van der Waals surface area contributed by atoms with Gasteiger partial charge < -0.3 is 5.32 Å². The van der Waals surface area contributed by atoms with E-state index in [0.29, 0.717) is 6.54 Å². The van der Waals surface area contributed by atoms with Crippen LogP contribution in [0.2, 0.25) is 0 Å². The number of halogens is 1. The zero-order valence-corrected chi connectivity index (χ0v) is 12.7. The van der Waals surface area contributed by atoms with E-state index in [0.717, 1.165) is 15.6 Å². The highest BCUT2D eigenvalue weighted by Crippen LogP contribution is 2.13. The molecule has 0 fully saturated rings. The molecule has 0 bridgehead atoms. The maximum Gasteiger partial charge on any atom is 0.262 e. The van der Waals surface area contributed by atoms with Gasteiger partial charge in [0.2, 0.25) is 0 Å². The molecule has 5 heteroatoms. The maximum absolute atomic E-state index is 12.0. The van der Waals surface area contributed by atoms with Gasteiger partial charge in [-0.05, 0) is 35.4 Å². The van der Waals surface area contributed by atoms with Crippen molar-refractivity contribution in [1.82, 2.24) is 10.3 Å². The highest BCUT2D eigenvalue weighted by atomic mass is 79.9. The Balaban J connectivity index is 2.05. The minimum atomic E-state index is -0.399. The second-order valence-electron chi connectivity index (χ2n) is 4.27. The highest BCUT2D eigenvalue weighted by Gasteiger charge is 2.08. The van der Waals surface area contributed by atoms with E-state index < -0.39 is 5.91 Å². The Labute approximate surface area is 131 Å². The molecule has 1 heterocycles. The van der Waals surface area contributed by atoms with E-state index in [2.05, 4.69) is 26.2 Å². The van der Waals surface area contributed by atoms with E-state index in [9.17, 15) is 4.79 Å². The van der Waals surface area contributed by atoms with Crippen LogP contribution < -0.4 is 5.32 Å². The van der Waals surface area contributed by atoms with E-state index in [-0.39, 0.29) is 5.57 Å². The Morgan fingerprint density at radius 1 is 1.33 bits per heavy atom. The highest BCUT2D eigenvalue weighted by molar-refractivity contribution is 9.10. The molecule has 0 atom stereocenters. The molecule has 104 valence electrons. The maximum atomic E-state index is 12.0. The molecule has 0 aliphatic heterocycles. The van der Waals surface area contributed by atoms with Crippen LogP contribution >= 0.6 is 15.9 Å². The number of carbonyl (C=O) groups is 1. The average Bonchev–Trinajstić information content (AvgIpc) is 2.53. The predicted molar refractivity (Wildman–Crippen MR) is 83.8 cm³/mol. The van der Waals surface area contributed by atoms with Gasteiger partial charge in [-0.2, -0.15) is 5.26 Å². The van der Waals surface area contributed by atoms with E-state index in [1.807, 2.05) is 36.4 Å². The molecule has 2 aromatic rings. The first-order valence-corrected chi connectivity index (χ1v) is 7.03. The molecule has 21 heavy (non-hydrogen) atoms. The summed E-state index contributed by atoms with van der Waals surface area (Å²) in [4.78, 5) is 16.0. The normalized spacial score (nSPS) is 10.8. The van der Waals surface area contributed by atoms with Crippen molar-refractivity contribution in [2.24, 2.45) is 0 Å². The second kappa shape index (κ2) is 7.36. The summed E-state index contributed by atoms with van der Waals surface area (Å²) < 4.78 is 0.944. The SMILES string of the molecule is N#C/C(=C\c1ccc(Br)cc1)C(=O)NCc1cccnc1. The Hall–Kier alpha value is -2.45. The molecule has 1 aromatic heterocycles. The Morgan fingerprint density at radius 2 is 2.10 bits per heavy atom. The van der Waals surface area contributed by atoms with Crippen LogP contribution in [-0.2, 0) is 11.3 Å². The zero-order valence-electron chi connectivity index (χ0n) is 11.1. The van der Waals surface area contributed by atoms with Gasteiger partial charge >= 0.3 is 0 Å². The minimum absolute atomic E-state index is 0.0706. The molecule has 1 aromatic carbocycles. The molecule has 4 nitrogen and oxygen atoms in total. The van der Waals surface area contributed by atoms with E-state index in [1.54, 1.807) is 24.5 Å². The first-order valence-electron chi connectivity index (χ1n) is 6.23. The summed E-state index contributed by atoms with van der Waals surface area (Å²) in [6.07, 6.45) is 4.90. The number of aromatic nitrogens is 1. The van der Waals surface area contributed by atoms with Gasteiger partial charge in [-0.1, -0.05) is 34.1 Å². The lowest BCUT2D eigenvalue weighted by Gasteiger charge is -2.04. The second-order valence-corrected chi connectivity index (χ2v) is 5.18. The number of hydrogen-bond donors (Lipinski definition) is 1. The summed E-state index contributed by atoms with van der Waals surface area (Å²) >= 11 is 3.34. The molecule has 0 aliphatic carbocycles. The Morgan fingerprint density at radius 3 is 2.71 bits per heavy atom. The van der Waals surface area contributed by atoms with E-state index in [4.69, 9.17) is 5.26 Å². The Bertz CT molecular complexity index is 688. The van der Waals surface area contributed by atoms with Gasteiger partial charge in [0.05, 0.1) is 0 Å². The van der Waals surface area contributed by atoms with Crippen LogP contribution in [0.3, 0.4) is 0 Å². The molecule has 1 N–H and O–H groups in total. The summed E-state index contributed by atoms with van der Waals surface area (Å²) in [7, 11) is 0. The number of benzene rings is 1. The van der Waals surface area contributed by atoms with E-state index in [1.165, 1.54) is 0 Å². The lowest BCUT2D eigenvalue weighted by molar-refractivity contribution is -0.117. The molecule has 1 amide bonds. The fourth-order valence-corrected chi connectivity index (χ4v) is 1.92. The van der Waals surface area contributed by atoms with Crippen molar-refractivity contribution < 1.29 is 4.79 Å². The number of nitrogens with one attached hydrogen (secondary N) is 1. The fourth-order valence-electron chi connectivity index (χ4n) is 1.65. The van der Waals surface area contributed by atoms with Crippen molar-refractivity contribution in [1.29, 1.82) is 5.26 Å². The number of nitrogens with zero attached hydrogens (tertiary/aromatic N) is 2. The van der Waals surface area contributed by atoms with Gasteiger partial charge in [0.1, 0.15) is 11.6 Å². The molecule has 0 saturated carbocycles. The van der Waals surface area contributed by atoms with Gasteiger partial charge in [0, 0.05) is 23.4 Å². The largest absolute Gasteiger partial charge is 0.347 e. The zero-order chi connectivity index (χ0) is 15.1. The number of pyridine rings is 1. The van der Waals surface area contributed by atoms with Gasteiger partial charge in [-0.15, -0.1) is 0 Å². The molecule has 2 rings (SSSR count). The lowest BCUT2D eigenvalue weighted by atomic mass is 10.1. The van der Waals surface area contributed by atoms with Gasteiger partial charge in [0.25, 0.3) is 5.91 Å². The van der Waals surface area contributed by atoms with Crippen LogP contribution in [0.25, 0.3) is 6.08 Å². The third kappa shape index (κ3) is 4.55. The topological polar surface area (TPSA) is 65.8 Å². The number of nitriles is 1. The van der Waals surface area contributed by atoms with Crippen LogP contribution in [-0.4, -0.2) is 10.9 Å². The van der Waals surface area contributed by atoms with Crippen molar-refractivity contribution in [3.8, 4) is 6.07 Å². The van der Waals surface area contributed by atoms with Crippen molar-refractivity contribution in [3.05, 3.63) is 70.0 Å². The summed E-state index contributed by atoms with van der Waals surface area (Å²) in [6.45, 7) is 0.339. The van der Waals surface area contributed by atoms with Gasteiger partial charge in [-0.3, -0.25) is 9.78 Å². The van der Waals surface area contributed by atoms with Crippen molar-refractivity contribution in [2.75, 3.05) is 0 Å². The summed E-state index contributed by atoms with van der Waals surface area (Å²) in [5, 5.41) is 11.8. The van der Waals surface area contributed by atoms with E-state index >= 15 is 0 Å². The third-order valence-electron chi connectivity index (χ3n) is 2.72. The van der Waals surface area contributed by atoms with Crippen molar-refractivity contribution >= 4 is 27.9 Å². The molecule has 0 unspecified atom stereocenters. The summed E-state index contributed by atoms with van der Waals surface area (Å²) in [6, 6.07) is 12.9. The third-order valence-corrected chi connectivity index (χ3v) is 3.25. The lowest BCUT2D eigenvalue weighted by Crippen LogP contribution is -2.23. The molecular formula is C16H12BrN3O.